The van der Waals surface area contributed by atoms with Gasteiger partial charge in [-0.2, -0.15) is 0 Å². The summed E-state index contributed by atoms with van der Waals surface area (Å²) in [6.07, 6.45) is 3.00. The Labute approximate surface area is 197 Å². The van der Waals surface area contributed by atoms with Crippen molar-refractivity contribution in [3.8, 4) is 0 Å². The number of hydrogen-bond donors (Lipinski definition) is 0. The Balaban J connectivity index is 1.42. The van der Waals surface area contributed by atoms with Gasteiger partial charge < -0.3 is 14.1 Å². The summed E-state index contributed by atoms with van der Waals surface area (Å²) < 4.78 is 10.0. The number of aromatic nitrogens is 1. The lowest BCUT2D eigenvalue weighted by molar-refractivity contribution is -0.127. The fourth-order valence-corrected chi connectivity index (χ4v) is 3.82. The van der Waals surface area contributed by atoms with E-state index in [0.717, 1.165) is 16.7 Å². The van der Waals surface area contributed by atoms with Gasteiger partial charge in [-0.25, -0.2) is 9.78 Å². The van der Waals surface area contributed by atoms with Gasteiger partial charge in [0, 0.05) is 37.3 Å². The number of rotatable bonds is 6. The fraction of sp³-hybridized carbons (Fsp3) is 0.240. The smallest absolute Gasteiger partial charge is 0.360 e. The second-order valence-corrected chi connectivity index (χ2v) is 8.09. The first-order chi connectivity index (χ1) is 16.0. The Morgan fingerprint density at radius 3 is 2.36 bits per heavy atom. The van der Waals surface area contributed by atoms with E-state index in [4.69, 9.17) is 16.0 Å². The van der Waals surface area contributed by atoms with Crippen LogP contribution < -0.4 is 0 Å². The van der Waals surface area contributed by atoms with E-state index in [1.165, 1.54) is 13.4 Å². The minimum absolute atomic E-state index is 0.0347. The van der Waals surface area contributed by atoms with Gasteiger partial charge in [0.25, 0.3) is 0 Å². The number of carbonyl (C=O) groups is 2. The lowest BCUT2D eigenvalue weighted by Gasteiger charge is -2.33. The summed E-state index contributed by atoms with van der Waals surface area (Å²) in [6, 6.07) is 17.3. The van der Waals surface area contributed by atoms with Gasteiger partial charge in [0.05, 0.1) is 13.7 Å². The Morgan fingerprint density at radius 2 is 1.70 bits per heavy atom. The van der Waals surface area contributed by atoms with Crippen LogP contribution in [-0.2, 0) is 16.1 Å². The summed E-state index contributed by atoms with van der Waals surface area (Å²) in [4.78, 5) is 32.8. The first kappa shape index (κ1) is 22.8. The molecule has 1 fully saturated rings. The van der Waals surface area contributed by atoms with Crippen LogP contribution >= 0.6 is 11.6 Å². The molecule has 1 aliphatic rings. The molecule has 0 atom stereocenters. The third-order valence-corrected chi connectivity index (χ3v) is 5.75. The Morgan fingerprint density at radius 1 is 1.03 bits per heavy atom. The van der Waals surface area contributed by atoms with Crippen molar-refractivity contribution in [3.63, 3.8) is 0 Å². The van der Waals surface area contributed by atoms with E-state index in [0.29, 0.717) is 43.6 Å². The molecular formula is C25H24ClN3O4. The molecule has 3 aromatic rings. The predicted molar refractivity (Wildman–Crippen MR) is 125 cm³/mol. The van der Waals surface area contributed by atoms with Gasteiger partial charge in [-0.1, -0.05) is 54.1 Å². The zero-order chi connectivity index (χ0) is 23.2. The molecule has 1 aromatic heterocycles. The van der Waals surface area contributed by atoms with Gasteiger partial charge in [-0.15, -0.1) is 0 Å². The third-order valence-electron chi connectivity index (χ3n) is 5.50. The lowest BCUT2D eigenvalue weighted by atomic mass is 9.97. The average Bonchev–Trinajstić information content (AvgIpc) is 3.32. The maximum absolute atomic E-state index is 13.1. The number of amides is 1. The molecular weight excluding hydrogens is 442 g/mol. The van der Waals surface area contributed by atoms with Gasteiger partial charge in [-0.05, 0) is 28.8 Å². The number of hydrogen-bond acceptors (Lipinski definition) is 6. The minimum atomic E-state index is -0.526. The van der Waals surface area contributed by atoms with Crippen molar-refractivity contribution >= 4 is 29.1 Å². The quantitative estimate of drug-likeness (QED) is 0.406. The molecule has 0 unspecified atom stereocenters. The maximum Gasteiger partial charge on any atom is 0.360 e. The van der Waals surface area contributed by atoms with Crippen LogP contribution in [0, 0.1) is 0 Å². The Hall–Kier alpha value is -3.42. The number of esters is 1. The molecule has 0 bridgehead atoms. The van der Waals surface area contributed by atoms with Crippen LogP contribution in [0.1, 0.15) is 27.5 Å². The number of ether oxygens (including phenoxy) is 1. The summed E-state index contributed by atoms with van der Waals surface area (Å²) >= 11 is 6.05. The van der Waals surface area contributed by atoms with Crippen LogP contribution in [0.4, 0.5) is 0 Å². The minimum Gasteiger partial charge on any atom is -0.464 e. The van der Waals surface area contributed by atoms with Gasteiger partial charge in [0.15, 0.2) is 5.69 Å². The number of halogens is 1. The van der Waals surface area contributed by atoms with Gasteiger partial charge in [0.1, 0.15) is 6.26 Å². The van der Waals surface area contributed by atoms with Crippen molar-refractivity contribution in [2.75, 3.05) is 33.3 Å². The van der Waals surface area contributed by atoms with Gasteiger partial charge in [0.2, 0.25) is 11.8 Å². The SMILES string of the molecule is COC(=O)c1coc(CN2CCN(C(=O)C=C(c3ccccc3)c3ccc(Cl)cc3)CC2)n1. The zero-order valence-electron chi connectivity index (χ0n) is 18.2. The van der Waals surface area contributed by atoms with Crippen LogP contribution in [-0.4, -0.2) is 59.9 Å². The molecule has 0 aliphatic carbocycles. The molecule has 170 valence electrons. The fourth-order valence-electron chi connectivity index (χ4n) is 3.69. The standard InChI is InChI=1S/C25H24ClN3O4/c1-32-25(31)22-17-33-23(27-22)16-28-11-13-29(14-12-28)24(30)15-21(18-5-3-2-4-6-18)19-7-9-20(26)10-8-19/h2-10,15,17H,11-14,16H2,1H3. The van der Waals surface area contributed by atoms with Crippen LogP contribution in [0.5, 0.6) is 0 Å². The van der Waals surface area contributed by atoms with E-state index >= 15 is 0 Å². The molecule has 2 heterocycles. The Bertz CT molecular complexity index is 1130. The van der Waals surface area contributed by atoms with Gasteiger partial charge >= 0.3 is 5.97 Å². The van der Waals surface area contributed by atoms with Gasteiger partial charge in [-0.3, -0.25) is 9.69 Å². The van der Waals surface area contributed by atoms with Crippen molar-refractivity contribution in [3.05, 3.63) is 94.7 Å². The highest BCUT2D eigenvalue weighted by Crippen LogP contribution is 2.25. The summed E-state index contributed by atoms with van der Waals surface area (Å²) in [5.74, 6) is -0.112. The maximum atomic E-state index is 13.1. The summed E-state index contributed by atoms with van der Waals surface area (Å²) in [5.41, 5.74) is 2.91. The predicted octanol–water partition coefficient (Wildman–Crippen LogP) is 3.89. The molecule has 4 rings (SSSR count). The molecule has 0 spiro atoms. The van der Waals surface area contributed by atoms with E-state index in [1.807, 2.05) is 59.5 Å². The van der Waals surface area contributed by atoms with Crippen molar-refractivity contribution in [1.82, 2.24) is 14.8 Å². The van der Waals surface area contributed by atoms with E-state index in [-0.39, 0.29) is 11.6 Å². The van der Waals surface area contributed by atoms with Crippen molar-refractivity contribution < 1.29 is 18.7 Å². The largest absolute Gasteiger partial charge is 0.464 e. The monoisotopic (exact) mass is 465 g/mol. The summed E-state index contributed by atoms with van der Waals surface area (Å²) in [5, 5.41) is 0.651. The molecule has 33 heavy (non-hydrogen) atoms. The van der Waals surface area contributed by atoms with Crippen molar-refractivity contribution in [1.29, 1.82) is 0 Å². The van der Waals surface area contributed by atoms with E-state index in [1.54, 1.807) is 6.08 Å². The summed E-state index contributed by atoms with van der Waals surface area (Å²) in [6.45, 7) is 2.99. The molecule has 8 heteroatoms. The number of piperazine rings is 1. The molecule has 0 radical (unpaired) electrons. The number of methoxy groups -OCH3 is 1. The van der Waals surface area contributed by atoms with Crippen LogP contribution in [0.2, 0.25) is 5.02 Å². The number of benzene rings is 2. The van der Waals surface area contributed by atoms with E-state index in [2.05, 4.69) is 14.6 Å². The molecule has 1 aliphatic heterocycles. The van der Waals surface area contributed by atoms with E-state index < -0.39 is 5.97 Å². The molecule has 1 amide bonds. The molecule has 0 saturated carbocycles. The first-order valence-electron chi connectivity index (χ1n) is 10.6. The lowest BCUT2D eigenvalue weighted by Crippen LogP contribution is -2.47. The second-order valence-electron chi connectivity index (χ2n) is 7.65. The molecule has 1 saturated heterocycles. The van der Waals surface area contributed by atoms with Crippen LogP contribution in [0.15, 0.2) is 71.4 Å². The normalized spacial score (nSPS) is 14.8. The molecule has 2 aromatic carbocycles. The third kappa shape index (κ3) is 5.69. The second kappa shape index (κ2) is 10.5. The van der Waals surface area contributed by atoms with Crippen molar-refractivity contribution in [2.24, 2.45) is 0 Å². The topological polar surface area (TPSA) is 75.9 Å². The number of nitrogens with zero attached hydrogens (tertiary/aromatic N) is 3. The number of carbonyl (C=O) groups excluding carboxylic acids is 2. The summed E-state index contributed by atoms with van der Waals surface area (Å²) in [7, 11) is 1.30. The van der Waals surface area contributed by atoms with Crippen molar-refractivity contribution in [2.45, 2.75) is 6.54 Å². The Kier molecular flexibility index (Phi) is 7.22. The highest BCUT2D eigenvalue weighted by molar-refractivity contribution is 6.30. The highest BCUT2D eigenvalue weighted by Gasteiger charge is 2.22. The van der Waals surface area contributed by atoms with Crippen LogP contribution in [0.25, 0.3) is 5.57 Å². The van der Waals surface area contributed by atoms with Crippen LogP contribution in [0.3, 0.4) is 0 Å². The molecule has 0 N–H and O–H groups in total. The van der Waals surface area contributed by atoms with E-state index in [9.17, 15) is 9.59 Å². The zero-order valence-corrected chi connectivity index (χ0v) is 19.0. The number of oxazole rings is 1. The average molecular weight is 466 g/mol. The molecule has 7 nitrogen and oxygen atoms in total. The highest BCUT2D eigenvalue weighted by atomic mass is 35.5. The first-order valence-corrected chi connectivity index (χ1v) is 11.0.